The number of benzene rings is 2. The van der Waals surface area contributed by atoms with Gasteiger partial charge in [-0.15, -0.1) is 0 Å². The van der Waals surface area contributed by atoms with Gasteiger partial charge >= 0.3 is 5.97 Å². The Labute approximate surface area is 162 Å². The Morgan fingerprint density at radius 3 is 2.57 bits per heavy atom. The van der Waals surface area contributed by atoms with Crippen LogP contribution in [-0.2, 0) is 16.1 Å². The van der Waals surface area contributed by atoms with Gasteiger partial charge in [0.15, 0.2) is 0 Å². The molecule has 2 amide bonds. The quantitative estimate of drug-likeness (QED) is 0.316. The molecule has 1 aliphatic heterocycles. The highest BCUT2D eigenvalue weighted by Crippen LogP contribution is 2.30. The van der Waals surface area contributed by atoms with Crippen LogP contribution in [0.15, 0.2) is 36.4 Å². The summed E-state index contributed by atoms with van der Waals surface area (Å²) in [5, 5.41) is 11.2. The third kappa shape index (κ3) is 3.56. The molecule has 0 N–H and O–H groups in total. The summed E-state index contributed by atoms with van der Waals surface area (Å²) in [4.78, 5) is 47.7. The third-order valence-electron chi connectivity index (χ3n) is 4.15. The topological polar surface area (TPSA) is 107 Å². The molecule has 0 fully saturated rings. The summed E-state index contributed by atoms with van der Waals surface area (Å²) in [7, 11) is 0. The van der Waals surface area contributed by atoms with Crippen LogP contribution in [0.3, 0.4) is 0 Å². The van der Waals surface area contributed by atoms with Gasteiger partial charge in [0.25, 0.3) is 17.5 Å². The number of ether oxygens (including phenoxy) is 1. The van der Waals surface area contributed by atoms with Crippen molar-refractivity contribution in [1.82, 2.24) is 4.90 Å². The molecular formula is C18H12ClFN2O6. The molecule has 1 aliphatic rings. The summed E-state index contributed by atoms with van der Waals surface area (Å²) in [6.07, 6.45) is -0.356. The minimum atomic E-state index is -0.850. The summed E-state index contributed by atoms with van der Waals surface area (Å²) in [5.74, 6) is -3.00. The van der Waals surface area contributed by atoms with Crippen LogP contribution in [0.2, 0.25) is 5.02 Å². The van der Waals surface area contributed by atoms with E-state index >= 15 is 0 Å². The molecule has 0 radical (unpaired) electrons. The van der Waals surface area contributed by atoms with Crippen molar-refractivity contribution in [3.8, 4) is 0 Å². The Morgan fingerprint density at radius 2 is 1.89 bits per heavy atom. The minimum absolute atomic E-state index is 0.00821. The lowest BCUT2D eigenvalue weighted by atomic mass is 10.1. The summed E-state index contributed by atoms with van der Waals surface area (Å²) < 4.78 is 18.6. The molecule has 144 valence electrons. The van der Waals surface area contributed by atoms with Gasteiger partial charge in [-0.05, 0) is 18.2 Å². The number of nitro benzene ring substituents is 1. The fourth-order valence-corrected chi connectivity index (χ4v) is 2.99. The maximum atomic E-state index is 13.7. The van der Waals surface area contributed by atoms with E-state index in [-0.39, 0.29) is 34.7 Å². The Morgan fingerprint density at radius 1 is 1.18 bits per heavy atom. The molecule has 0 atom stereocenters. The van der Waals surface area contributed by atoms with Gasteiger partial charge in [0.2, 0.25) is 0 Å². The number of amides is 2. The molecule has 0 aromatic heterocycles. The number of hydrogen-bond donors (Lipinski definition) is 0. The van der Waals surface area contributed by atoms with Crippen LogP contribution < -0.4 is 0 Å². The molecule has 0 saturated heterocycles. The predicted octanol–water partition coefficient (Wildman–Crippen LogP) is 3.12. The molecule has 1 heterocycles. The molecule has 0 aliphatic carbocycles. The number of hydrogen-bond acceptors (Lipinski definition) is 6. The standard InChI is InChI=1S/C18H12ClFN2O6/c19-12-4-2-5-13(20)11(12)9-28-15(23)7-8-21-17(24)10-3-1-6-14(22(26)27)16(10)18(21)25/h1-6H,7-9H2. The first-order chi connectivity index (χ1) is 13.3. The van der Waals surface area contributed by atoms with E-state index in [1.807, 2.05) is 0 Å². The van der Waals surface area contributed by atoms with Crippen LogP contribution in [-0.4, -0.2) is 34.2 Å². The number of rotatable bonds is 6. The minimum Gasteiger partial charge on any atom is -0.461 e. The lowest BCUT2D eigenvalue weighted by Gasteiger charge is -2.13. The van der Waals surface area contributed by atoms with Gasteiger partial charge in [0, 0.05) is 18.2 Å². The monoisotopic (exact) mass is 406 g/mol. The molecule has 28 heavy (non-hydrogen) atoms. The van der Waals surface area contributed by atoms with E-state index in [0.717, 1.165) is 11.0 Å². The van der Waals surface area contributed by atoms with Crippen LogP contribution in [0.1, 0.15) is 32.7 Å². The predicted molar refractivity (Wildman–Crippen MR) is 94.3 cm³/mol. The number of carbonyl (C=O) groups is 3. The molecule has 0 bridgehead atoms. The number of halogens is 2. The Hall–Kier alpha value is -3.33. The number of imide groups is 1. The first kappa shape index (κ1) is 19.4. The highest BCUT2D eigenvalue weighted by atomic mass is 35.5. The van der Waals surface area contributed by atoms with E-state index in [1.165, 1.54) is 30.3 Å². The van der Waals surface area contributed by atoms with Gasteiger partial charge in [0.05, 0.1) is 21.9 Å². The molecule has 2 aromatic rings. The van der Waals surface area contributed by atoms with Crippen molar-refractivity contribution < 1.29 is 28.4 Å². The van der Waals surface area contributed by atoms with Crippen molar-refractivity contribution >= 4 is 35.1 Å². The second-order valence-corrected chi connectivity index (χ2v) is 6.24. The Balaban J connectivity index is 1.64. The average Bonchev–Trinajstić information content (AvgIpc) is 2.90. The smallest absolute Gasteiger partial charge is 0.307 e. The molecule has 0 unspecified atom stereocenters. The lowest BCUT2D eigenvalue weighted by molar-refractivity contribution is -0.385. The zero-order valence-electron chi connectivity index (χ0n) is 14.2. The molecule has 2 aromatic carbocycles. The molecule has 10 heteroatoms. The molecule has 8 nitrogen and oxygen atoms in total. The molecular weight excluding hydrogens is 395 g/mol. The van der Waals surface area contributed by atoms with Gasteiger partial charge in [-0.1, -0.05) is 23.7 Å². The number of esters is 1. The highest BCUT2D eigenvalue weighted by Gasteiger charge is 2.40. The highest BCUT2D eigenvalue weighted by molar-refractivity contribution is 6.31. The molecule has 0 spiro atoms. The number of fused-ring (bicyclic) bond motifs is 1. The summed E-state index contributed by atoms with van der Waals surface area (Å²) in [5.41, 5.74) is -0.862. The lowest BCUT2D eigenvalue weighted by Crippen LogP contribution is -2.32. The van der Waals surface area contributed by atoms with Gasteiger partial charge in [-0.25, -0.2) is 4.39 Å². The van der Waals surface area contributed by atoms with Crippen LogP contribution in [0.5, 0.6) is 0 Å². The van der Waals surface area contributed by atoms with Gasteiger partial charge in [0.1, 0.15) is 18.0 Å². The average molecular weight is 407 g/mol. The number of nitrogens with zero attached hydrogens (tertiary/aromatic N) is 2. The van der Waals surface area contributed by atoms with Crippen molar-refractivity contribution in [3.05, 3.63) is 74.0 Å². The van der Waals surface area contributed by atoms with E-state index in [1.54, 1.807) is 0 Å². The third-order valence-corrected chi connectivity index (χ3v) is 4.51. The van der Waals surface area contributed by atoms with Gasteiger partial charge in [-0.3, -0.25) is 29.4 Å². The second-order valence-electron chi connectivity index (χ2n) is 5.83. The van der Waals surface area contributed by atoms with Gasteiger partial charge in [-0.2, -0.15) is 0 Å². The van der Waals surface area contributed by atoms with Crippen molar-refractivity contribution in [3.63, 3.8) is 0 Å². The summed E-state index contributed by atoms with van der Waals surface area (Å²) in [6, 6.07) is 7.75. The fraction of sp³-hybridized carbons (Fsp3) is 0.167. The van der Waals surface area contributed by atoms with E-state index in [9.17, 15) is 28.9 Å². The van der Waals surface area contributed by atoms with Crippen molar-refractivity contribution in [1.29, 1.82) is 0 Å². The van der Waals surface area contributed by atoms with Crippen LogP contribution in [0, 0.1) is 15.9 Å². The van der Waals surface area contributed by atoms with Crippen LogP contribution in [0.25, 0.3) is 0 Å². The van der Waals surface area contributed by atoms with E-state index < -0.39 is 40.8 Å². The zero-order valence-corrected chi connectivity index (χ0v) is 14.9. The largest absolute Gasteiger partial charge is 0.461 e. The van der Waals surface area contributed by atoms with Gasteiger partial charge < -0.3 is 4.74 Å². The summed E-state index contributed by atoms with van der Waals surface area (Å²) in [6.45, 7) is -0.731. The Kier molecular flexibility index (Phi) is 5.36. The van der Waals surface area contributed by atoms with Crippen LogP contribution in [0.4, 0.5) is 10.1 Å². The number of carbonyl (C=O) groups excluding carboxylic acids is 3. The SMILES string of the molecule is O=C(CCN1C(=O)c2cccc([N+](=O)[O-])c2C1=O)OCc1c(F)cccc1Cl. The molecule has 3 rings (SSSR count). The van der Waals surface area contributed by atoms with Crippen molar-refractivity contribution in [2.45, 2.75) is 13.0 Å². The second kappa shape index (κ2) is 7.73. The van der Waals surface area contributed by atoms with E-state index in [2.05, 4.69) is 0 Å². The maximum Gasteiger partial charge on any atom is 0.307 e. The molecule has 0 saturated carbocycles. The Bertz CT molecular complexity index is 989. The number of nitro groups is 1. The van der Waals surface area contributed by atoms with Crippen molar-refractivity contribution in [2.75, 3.05) is 6.54 Å². The first-order valence-corrected chi connectivity index (χ1v) is 8.41. The van der Waals surface area contributed by atoms with E-state index in [4.69, 9.17) is 16.3 Å². The fourth-order valence-electron chi connectivity index (χ4n) is 2.77. The zero-order chi connectivity index (χ0) is 20.4. The van der Waals surface area contributed by atoms with Crippen LogP contribution >= 0.6 is 11.6 Å². The summed E-state index contributed by atoms with van der Waals surface area (Å²) >= 11 is 5.84. The first-order valence-electron chi connectivity index (χ1n) is 8.03. The van der Waals surface area contributed by atoms with Crippen molar-refractivity contribution in [2.24, 2.45) is 0 Å². The van der Waals surface area contributed by atoms with E-state index in [0.29, 0.717) is 0 Å². The maximum absolute atomic E-state index is 13.7. The normalized spacial score (nSPS) is 12.9.